The maximum absolute atomic E-state index is 8.41. The fourth-order valence-corrected chi connectivity index (χ4v) is 6.68. The average Bonchev–Trinajstić information content (AvgIpc) is 3.62. The van der Waals surface area contributed by atoms with Crippen molar-refractivity contribution >= 4 is 22.1 Å². The van der Waals surface area contributed by atoms with Gasteiger partial charge >= 0.3 is 0 Å². The standard InChI is InChI=1S/C29H27N2O.C23H24N.Ir/c1-19-8-13-24-23-6-5-7-25(27(23)32-28(24)31-19)26-17-22(14-15-30-26)16-20-9-11-21(12-10-20)18-29(2,3)4;1-17-5-9-20(10-6-17)22-15-21(13-14-24-22)19-11-7-18(8-12-19)16-23(2,3)4;/h5-6,8-15,17H,16,18H2,1-4H3;5-9,11-15H,16H2,1-4H3;/q2*-1;/i1D3;1D3,16D2;. The van der Waals surface area contributed by atoms with Gasteiger partial charge in [0, 0.05) is 54.5 Å². The number of pyridine rings is 3. The molecular weight excluding hydrogens is 875 g/mol. The summed E-state index contributed by atoms with van der Waals surface area (Å²) in [5, 5.41) is 1.63. The predicted octanol–water partition coefficient (Wildman–Crippen LogP) is 13.4. The summed E-state index contributed by atoms with van der Waals surface area (Å²) in [5.74, 6) is 0. The molecule has 57 heavy (non-hydrogen) atoms. The Hall–Kier alpha value is -5.22. The van der Waals surface area contributed by atoms with E-state index in [1.807, 2.05) is 75.4 Å². The Morgan fingerprint density at radius 1 is 0.649 bits per heavy atom. The van der Waals surface area contributed by atoms with E-state index >= 15 is 0 Å². The van der Waals surface area contributed by atoms with Crippen LogP contribution in [0.2, 0.25) is 0 Å². The summed E-state index contributed by atoms with van der Waals surface area (Å²) in [6.07, 6.45) is 3.92. The zero-order chi connectivity index (χ0) is 46.2. The van der Waals surface area contributed by atoms with E-state index in [-0.39, 0.29) is 36.8 Å². The topological polar surface area (TPSA) is 51.8 Å². The zero-order valence-corrected chi connectivity index (χ0v) is 35.5. The van der Waals surface area contributed by atoms with E-state index in [0.29, 0.717) is 22.6 Å². The molecule has 0 aliphatic carbocycles. The summed E-state index contributed by atoms with van der Waals surface area (Å²) >= 11 is 0. The molecule has 0 aliphatic rings. The Balaban J connectivity index is 0.000000216. The van der Waals surface area contributed by atoms with Crippen molar-refractivity contribution < 1.29 is 35.5 Å². The second kappa shape index (κ2) is 17.5. The molecule has 0 saturated heterocycles. The van der Waals surface area contributed by atoms with Crippen molar-refractivity contribution in [2.24, 2.45) is 10.8 Å². The van der Waals surface area contributed by atoms with Crippen LogP contribution in [0.3, 0.4) is 0 Å². The van der Waals surface area contributed by atoms with Crippen LogP contribution in [-0.4, -0.2) is 15.0 Å². The number of benzene rings is 4. The molecule has 4 nitrogen and oxygen atoms in total. The van der Waals surface area contributed by atoms with Gasteiger partial charge in [0.2, 0.25) is 5.71 Å². The van der Waals surface area contributed by atoms with Crippen LogP contribution in [0.15, 0.2) is 132 Å². The summed E-state index contributed by atoms with van der Waals surface area (Å²) in [4.78, 5) is 13.2. The molecule has 4 heterocycles. The molecule has 0 saturated carbocycles. The van der Waals surface area contributed by atoms with Crippen molar-refractivity contribution in [2.45, 2.75) is 74.5 Å². The molecule has 4 aromatic carbocycles. The van der Waals surface area contributed by atoms with E-state index < -0.39 is 25.5 Å². The van der Waals surface area contributed by atoms with Crippen LogP contribution in [0, 0.1) is 36.7 Å². The molecule has 0 unspecified atom stereocenters. The van der Waals surface area contributed by atoms with Crippen molar-refractivity contribution in [2.75, 3.05) is 0 Å². The molecule has 0 amide bonds. The first-order valence-electron chi connectivity index (χ1n) is 22.8. The summed E-state index contributed by atoms with van der Waals surface area (Å²) in [6, 6.07) is 42.3. The zero-order valence-electron chi connectivity index (χ0n) is 41.1. The molecule has 5 heteroatoms. The van der Waals surface area contributed by atoms with Crippen LogP contribution in [-0.2, 0) is 39.3 Å². The molecule has 0 aliphatic heterocycles. The van der Waals surface area contributed by atoms with Crippen molar-refractivity contribution in [3.05, 3.63) is 173 Å². The summed E-state index contributed by atoms with van der Waals surface area (Å²) < 4.78 is 68.2. The van der Waals surface area contributed by atoms with E-state index in [2.05, 4.69) is 78.2 Å². The smallest absolute Gasteiger partial charge is 0.216 e. The monoisotopic (exact) mass is 934 g/mol. The molecule has 0 fully saturated rings. The molecule has 1 radical (unpaired) electrons. The largest absolute Gasteiger partial charge is 0.486 e. The quantitative estimate of drug-likeness (QED) is 0.149. The minimum absolute atomic E-state index is 0. The van der Waals surface area contributed by atoms with Gasteiger partial charge in [0.25, 0.3) is 0 Å². The fraction of sp³-hybridized carbons (Fsp3) is 0.250. The van der Waals surface area contributed by atoms with Gasteiger partial charge < -0.3 is 14.4 Å². The molecule has 8 aromatic rings. The number of furan rings is 1. The molecule has 4 aromatic heterocycles. The number of aryl methyl sites for hydroxylation is 2. The maximum Gasteiger partial charge on any atom is 0.216 e. The molecule has 0 atom stereocenters. The fourth-order valence-electron chi connectivity index (χ4n) is 6.68. The van der Waals surface area contributed by atoms with Crippen LogP contribution in [0.1, 0.15) is 86.0 Å². The molecular formula is C52H51IrN3O-2. The van der Waals surface area contributed by atoms with Gasteiger partial charge in [-0.3, -0.25) is 0 Å². The normalized spacial score (nSPS) is 14.4. The van der Waals surface area contributed by atoms with Gasteiger partial charge in [0.15, 0.2) is 0 Å². The number of fused-ring (bicyclic) bond motifs is 3. The average molecular weight is 934 g/mol. The molecule has 0 N–H and O–H groups in total. The SMILES string of the molecule is [2H]C([2H])([2H])c1c[c-]c(-c2cc(-c3ccc(C([2H])([2H])C(C)(C)C)cc3)ccn2)cc1.[2H]C([2H])([2H])c1ccc2c(n1)oc1c(-c3cc(Cc4ccc(CC(C)(C)C)cc4)ccn3)[c-]ccc12.[Ir]. The number of hydrogen-bond acceptors (Lipinski definition) is 4. The van der Waals surface area contributed by atoms with E-state index in [1.165, 1.54) is 23.3 Å². The third kappa shape index (κ3) is 10.8. The Morgan fingerprint density at radius 2 is 1.39 bits per heavy atom. The molecule has 291 valence electrons. The van der Waals surface area contributed by atoms with Gasteiger partial charge in [-0.15, -0.1) is 53.6 Å². The van der Waals surface area contributed by atoms with Gasteiger partial charge in [-0.2, -0.15) is 0 Å². The third-order valence-electron chi connectivity index (χ3n) is 9.13. The predicted molar refractivity (Wildman–Crippen MR) is 233 cm³/mol. The van der Waals surface area contributed by atoms with Crippen molar-refractivity contribution in [1.29, 1.82) is 0 Å². The summed E-state index contributed by atoms with van der Waals surface area (Å²) in [7, 11) is 0. The van der Waals surface area contributed by atoms with Crippen LogP contribution in [0.25, 0.3) is 55.7 Å². The van der Waals surface area contributed by atoms with Gasteiger partial charge in [-0.1, -0.05) is 120 Å². The van der Waals surface area contributed by atoms with Gasteiger partial charge in [0.05, 0.1) is 5.58 Å². The molecule has 8 rings (SSSR count). The Bertz CT molecular complexity index is 2890. The first-order valence-corrected chi connectivity index (χ1v) is 18.8. The summed E-state index contributed by atoms with van der Waals surface area (Å²) in [5.41, 5.74) is 10.1. The number of hydrogen-bond donors (Lipinski definition) is 0. The number of rotatable bonds is 7. The second-order valence-corrected chi connectivity index (χ2v) is 16.4. The maximum atomic E-state index is 8.41. The minimum Gasteiger partial charge on any atom is -0.486 e. The van der Waals surface area contributed by atoms with Crippen LogP contribution in [0.5, 0.6) is 0 Å². The first-order chi connectivity index (χ1) is 30.0. The van der Waals surface area contributed by atoms with E-state index in [1.54, 1.807) is 30.6 Å². The van der Waals surface area contributed by atoms with Gasteiger partial charge in [-0.05, 0) is 106 Å². The summed E-state index contributed by atoms with van der Waals surface area (Å²) in [6.45, 7) is 8.00. The van der Waals surface area contributed by atoms with Crippen molar-refractivity contribution in [1.82, 2.24) is 15.0 Å². The van der Waals surface area contributed by atoms with Crippen molar-refractivity contribution in [3.8, 4) is 33.6 Å². The van der Waals surface area contributed by atoms with Crippen LogP contribution in [0.4, 0.5) is 0 Å². The minimum atomic E-state index is -2.29. The third-order valence-corrected chi connectivity index (χ3v) is 9.13. The van der Waals surface area contributed by atoms with E-state index in [9.17, 15) is 0 Å². The molecule has 0 bridgehead atoms. The van der Waals surface area contributed by atoms with Crippen LogP contribution < -0.4 is 0 Å². The Kier molecular flexibility index (Phi) is 9.77. The van der Waals surface area contributed by atoms with Crippen LogP contribution >= 0.6 is 0 Å². The molecule has 0 spiro atoms. The van der Waals surface area contributed by atoms with Crippen molar-refractivity contribution in [3.63, 3.8) is 0 Å². The Morgan fingerprint density at radius 3 is 2.09 bits per heavy atom. The van der Waals surface area contributed by atoms with Gasteiger partial charge in [0.1, 0.15) is 0 Å². The Labute approximate surface area is 363 Å². The van der Waals surface area contributed by atoms with E-state index in [0.717, 1.165) is 57.1 Å². The first kappa shape index (κ1) is 31.8. The van der Waals surface area contributed by atoms with E-state index in [4.69, 9.17) is 15.4 Å². The number of nitrogens with zero attached hydrogens (tertiary/aromatic N) is 3. The van der Waals surface area contributed by atoms with Gasteiger partial charge in [-0.25, -0.2) is 4.98 Å². The number of aromatic nitrogens is 3. The second-order valence-electron chi connectivity index (χ2n) is 16.4.